The molecule has 26 heavy (non-hydrogen) atoms. The number of unbranched alkanes of at least 4 members (excludes halogenated alkanes) is 13. The Labute approximate surface area is 162 Å². The fourth-order valence-corrected chi connectivity index (χ4v) is 3.18. The summed E-state index contributed by atoms with van der Waals surface area (Å²) in [5.41, 5.74) is 0. The van der Waals surface area contributed by atoms with E-state index in [9.17, 15) is 9.90 Å². The van der Waals surface area contributed by atoms with Gasteiger partial charge in [-0.1, -0.05) is 96.8 Å². The molecule has 0 rings (SSSR count). The molecule has 0 bridgehead atoms. The maximum absolute atomic E-state index is 11.2. The van der Waals surface area contributed by atoms with Crippen molar-refractivity contribution in [1.82, 2.24) is 4.90 Å². The van der Waals surface area contributed by atoms with Crippen molar-refractivity contribution in [3.05, 3.63) is 0 Å². The van der Waals surface area contributed by atoms with E-state index in [1.807, 2.05) is 19.0 Å². The lowest BCUT2D eigenvalue weighted by Gasteiger charge is -2.15. The van der Waals surface area contributed by atoms with E-state index < -0.39 is 12.1 Å². The number of carboxylic acids is 1. The minimum atomic E-state index is -0.821. The lowest BCUT2D eigenvalue weighted by Crippen LogP contribution is -2.28. The maximum atomic E-state index is 11.2. The molecule has 0 aromatic rings. The van der Waals surface area contributed by atoms with Crippen molar-refractivity contribution in [3.8, 4) is 0 Å². The monoisotopic (exact) mass is 371 g/mol. The molecule has 0 aromatic carbocycles. The predicted molar refractivity (Wildman–Crippen MR) is 111 cm³/mol. The Morgan fingerprint density at radius 3 is 1.62 bits per heavy atom. The molecule has 4 nitrogen and oxygen atoms in total. The molecule has 156 valence electrons. The second-order valence-electron chi connectivity index (χ2n) is 7.89. The normalized spacial score (nSPS) is 12.6. The van der Waals surface area contributed by atoms with E-state index in [-0.39, 0.29) is 0 Å². The Morgan fingerprint density at radius 1 is 0.808 bits per heavy atom. The van der Waals surface area contributed by atoms with E-state index in [4.69, 9.17) is 4.74 Å². The predicted octanol–water partition coefficient (Wildman–Crippen LogP) is 5.89. The Morgan fingerprint density at radius 2 is 1.23 bits per heavy atom. The second-order valence-corrected chi connectivity index (χ2v) is 7.89. The van der Waals surface area contributed by atoms with Crippen LogP contribution in [0.3, 0.4) is 0 Å². The first-order valence-corrected chi connectivity index (χ1v) is 11.1. The summed E-state index contributed by atoms with van der Waals surface area (Å²) in [6, 6.07) is 0. The fraction of sp³-hybridized carbons (Fsp3) is 0.955. The van der Waals surface area contributed by atoms with Crippen molar-refractivity contribution in [2.24, 2.45) is 0 Å². The molecule has 1 N–H and O–H groups in total. The van der Waals surface area contributed by atoms with Crippen molar-refractivity contribution in [3.63, 3.8) is 0 Å². The van der Waals surface area contributed by atoms with Crippen LogP contribution in [0.2, 0.25) is 0 Å². The lowest BCUT2D eigenvalue weighted by molar-refractivity contribution is -0.151. The Hall–Kier alpha value is -0.610. The molecule has 0 heterocycles. The first kappa shape index (κ1) is 25.4. The number of rotatable bonds is 20. The van der Waals surface area contributed by atoms with Crippen LogP contribution in [-0.4, -0.2) is 49.3 Å². The summed E-state index contributed by atoms with van der Waals surface area (Å²) in [7, 11) is 3.93. The van der Waals surface area contributed by atoms with Crippen molar-refractivity contribution in [2.75, 3.05) is 27.2 Å². The van der Waals surface area contributed by atoms with E-state index >= 15 is 0 Å². The number of hydrogen-bond donors (Lipinski definition) is 1. The molecule has 0 spiro atoms. The molecular formula is C22H45NO3. The first-order chi connectivity index (χ1) is 12.6. The molecular weight excluding hydrogens is 326 g/mol. The number of likely N-dealkylation sites (N-methyl/N-ethyl adjacent to an activating group) is 1. The first-order valence-electron chi connectivity index (χ1n) is 11.1. The minimum absolute atomic E-state index is 0.489. The molecule has 0 saturated carbocycles. The molecule has 0 aliphatic rings. The summed E-state index contributed by atoms with van der Waals surface area (Å²) in [6.45, 7) is 3.52. The highest BCUT2D eigenvalue weighted by atomic mass is 16.5. The van der Waals surface area contributed by atoms with Crippen LogP contribution >= 0.6 is 0 Å². The third-order valence-corrected chi connectivity index (χ3v) is 4.95. The number of hydrogen-bond acceptors (Lipinski definition) is 3. The van der Waals surface area contributed by atoms with Crippen LogP contribution in [0.1, 0.15) is 103 Å². The van der Waals surface area contributed by atoms with Gasteiger partial charge in [0.15, 0.2) is 6.10 Å². The van der Waals surface area contributed by atoms with E-state index in [0.29, 0.717) is 13.0 Å². The van der Waals surface area contributed by atoms with E-state index in [1.165, 1.54) is 77.0 Å². The maximum Gasteiger partial charge on any atom is 0.332 e. The molecule has 0 aromatic heterocycles. The molecule has 1 unspecified atom stereocenters. The van der Waals surface area contributed by atoms with Crippen LogP contribution in [0.4, 0.5) is 0 Å². The van der Waals surface area contributed by atoms with Gasteiger partial charge in [-0.2, -0.15) is 0 Å². The smallest absolute Gasteiger partial charge is 0.332 e. The van der Waals surface area contributed by atoms with Gasteiger partial charge in [-0.15, -0.1) is 0 Å². The molecule has 1 atom stereocenters. The average molecular weight is 372 g/mol. The molecule has 0 saturated heterocycles. The third kappa shape index (κ3) is 18.2. The molecule has 0 fully saturated rings. The standard InChI is InChI=1S/C22H45NO3/c1-4-5-6-7-8-9-10-11-12-13-14-15-16-17-18-21(22(24)25)26-20-19-23(2)3/h21H,4-20H2,1-3H3,(H,24,25). The quantitative estimate of drug-likeness (QED) is 0.271. The molecule has 0 amide bonds. The number of nitrogens with zero attached hydrogens (tertiary/aromatic N) is 1. The molecule has 0 aliphatic carbocycles. The summed E-state index contributed by atoms with van der Waals surface area (Å²) in [4.78, 5) is 13.2. The number of ether oxygens (including phenoxy) is 1. The molecule has 0 radical (unpaired) electrons. The zero-order valence-electron chi connectivity index (χ0n) is 17.8. The third-order valence-electron chi connectivity index (χ3n) is 4.95. The van der Waals surface area contributed by atoms with Crippen LogP contribution in [0.15, 0.2) is 0 Å². The van der Waals surface area contributed by atoms with Crippen molar-refractivity contribution >= 4 is 5.97 Å². The van der Waals surface area contributed by atoms with E-state index in [2.05, 4.69) is 6.92 Å². The summed E-state index contributed by atoms with van der Waals surface area (Å²) in [6.07, 6.45) is 18.5. The van der Waals surface area contributed by atoms with Gasteiger partial charge in [-0.3, -0.25) is 0 Å². The highest BCUT2D eigenvalue weighted by Gasteiger charge is 2.17. The number of carbonyl (C=O) groups is 1. The van der Waals surface area contributed by atoms with Crippen molar-refractivity contribution in [2.45, 2.75) is 109 Å². The zero-order chi connectivity index (χ0) is 19.5. The second kappa shape index (κ2) is 19.2. The van der Waals surface area contributed by atoms with Gasteiger partial charge >= 0.3 is 5.97 Å². The fourth-order valence-electron chi connectivity index (χ4n) is 3.18. The van der Waals surface area contributed by atoms with Crippen LogP contribution in [0.25, 0.3) is 0 Å². The van der Waals surface area contributed by atoms with Crippen molar-refractivity contribution < 1.29 is 14.6 Å². The molecule has 4 heteroatoms. The summed E-state index contributed by atoms with van der Waals surface area (Å²) in [5.74, 6) is -0.821. The summed E-state index contributed by atoms with van der Waals surface area (Å²) in [5, 5.41) is 9.20. The van der Waals surface area contributed by atoms with Crippen LogP contribution in [0.5, 0.6) is 0 Å². The van der Waals surface area contributed by atoms with Crippen molar-refractivity contribution in [1.29, 1.82) is 0 Å². The van der Waals surface area contributed by atoms with Crippen LogP contribution in [0, 0.1) is 0 Å². The number of carboxylic acid groups (broad SMARTS) is 1. The van der Waals surface area contributed by atoms with Crippen LogP contribution in [-0.2, 0) is 9.53 Å². The molecule has 0 aliphatic heterocycles. The highest BCUT2D eigenvalue weighted by Crippen LogP contribution is 2.14. The Kier molecular flexibility index (Phi) is 18.7. The minimum Gasteiger partial charge on any atom is -0.479 e. The zero-order valence-corrected chi connectivity index (χ0v) is 17.8. The van der Waals surface area contributed by atoms with E-state index in [1.54, 1.807) is 0 Å². The Bertz CT molecular complexity index is 308. The highest BCUT2D eigenvalue weighted by molar-refractivity contribution is 5.72. The Balaban J connectivity index is 3.36. The SMILES string of the molecule is CCCCCCCCCCCCCCCCC(OCCN(C)C)C(=O)O. The van der Waals surface area contributed by atoms with Gasteiger partial charge in [0, 0.05) is 6.54 Å². The topological polar surface area (TPSA) is 49.8 Å². The largest absolute Gasteiger partial charge is 0.479 e. The summed E-state index contributed by atoms with van der Waals surface area (Å²) >= 11 is 0. The van der Waals surface area contributed by atoms with Crippen LogP contribution < -0.4 is 0 Å². The van der Waals surface area contributed by atoms with Gasteiger partial charge in [0.05, 0.1) is 6.61 Å². The lowest BCUT2D eigenvalue weighted by atomic mass is 10.0. The average Bonchev–Trinajstić information content (AvgIpc) is 2.60. The number of aliphatic carboxylic acids is 1. The van der Waals surface area contributed by atoms with Gasteiger partial charge in [-0.25, -0.2) is 4.79 Å². The van der Waals surface area contributed by atoms with Gasteiger partial charge in [0.25, 0.3) is 0 Å². The van der Waals surface area contributed by atoms with Gasteiger partial charge in [-0.05, 0) is 20.5 Å². The summed E-state index contributed by atoms with van der Waals surface area (Å²) < 4.78 is 5.49. The van der Waals surface area contributed by atoms with Gasteiger partial charge in [0.2, 0.25) is 0 Å². The van der Waals surface area contributed by atoms with Gasteiger partial charge in [0.1, 0.15) is 0 Å². The van der Waals surface area contributed by atoms with E-state index in [0.717, 1.165) is 19.4 Å². The van der Waals surface area contributed by atoms with Gasteiger partial charge < -0.3 is 14.7 Å².